The Balaban J connectivity index is 2.12. The third-order valence-electron chi connectivity index (χ3n) is 3.13. The zero-order valence-corrected chi connectivity index (χ0v) is 10.7. The van der Waals surface area contributed by atoms with Gasteiger partial charge in [-0.3, -0.25) is 0 Å². The molecule has 1 rings (SSSR count). The van der Waals surface area contributed by atoms with E-state index in [4.69, 9.17) is 4.42 Å². The Kier molecular flexibility index (Phi) is 6.98. The molecule has 0 saturated carbocycles. The standard InChI is InChI=1S/C14H25NO/c1-3-4-5-6-7-8-14(15-2)11-13-9-10-16-12-13/h9-10,12,14-15H,3-8,11H2,1-2H3. The first kappa shape index (κ1) is 13.3. The van der Waals surface area contributed by atoms with Gasteiger partial charge in [-0.2, -0.15) is 0 Å². The lowest BCUT2D eigenvalue weighted by Gasteiger charge is -2.14. The number of likely N-dealkylation sites (N-methyl/N-ethyl adjacent to an activating group) is 1. The van der Waals surface area contributed by atoms with Crippen LogP contribution in [0.1, 0.15) is 51.0 Å². The summed E-state index contributed by atoms with van der Waals surface area (Å²) in [4.78, 5) is 0. The highest BCUT2D eigenvalue weighted by atomic mass is 16.3. The molecule has 0 aliphatic carbocycles. The fourth-order valence-corrected chi connectivity index (χ4v) is 2.04. The second kappa shape index (κ2) is 8.40. The molecular weight excluding hydrogens is 198 g/mol. The average Bonchev–Trinajstić information content (AvgIpc) is 2.80. The molecule has 92 valence electrons. The van der Waals surface area contributed by atoms with Crippen LogP contribution in [0.2, 0.25) is 0 Å². The quantitative estimate of drug-likeness (QED) is 0.645. The maximum atomic E-state index is 5.09. The first-order valence-electron chi connectivity index (χ1n) is 6.55. The predicted octanol–water partition coefficient (Wildman–Crippen LogP) is 3.77. The summed E-state index contributed by atoms with van der Waals surface area (Å²) in [6, 6.07) is 2.65. The van der Waals surface area contributed by atoms with E-state index in [1.165, 1.54) is 44.1 Å². The van der Waals surface area contributed by atoms with Gasteiger partial charge in [0.05, 0.1) is 12.5 Å². The van der Waals surface area contributed by atoms with Crippen molar-refractivity contribution < 1.29 is 4.42 Å². The van der Waals surface area contributed by atoms with Crippen LogP contribution < -0.4 is 5.32 Å². The molecule has 0 bridgehead atoms. The van der Waals surface area contributed by atoms with E-state index >= 15 is 0 Å². The number of nitrogens with one attached hydrogen (secondary N) is 1. The third-order valence-corrected chi connectivity index (χ3v) is 3.13. The second-order valence-corrected chi connectivity index (χ2v) is 4.52. The number of rotatable bonds is 9. The Bertz CT molecular complexity index is 243. The van der Waals surface area contributed by atoms with Crippen LogP contribution in [0.4, 0.5) is 0 Å². The highest BCUT2D eigenvalue weighted by Gasteiger charge is 2.07. The monoisotopic (exact) mass is 223 g/mol. The summed E-state index contributed by atoms with van der Waals surface area (Å²) < 4.78 is 5.09. The summed E-state index contributed by atoms with van der Waals surface area (Å²) in [7, 11) is 2.05. The van der Waals surface area contributed by atoms with Gasteiger partial charge in [-0.15, -0.1) is 0 Å². The number of furan rings is 1. The summed E-state index contributed by atoms with van der Waals surface area (Å²) >= 11 is 0. The molecule has 0 aromatic carbocycles. The van der Waals surface area contributed by atoms with Gasteiger partial charge < -0.3 is 9.73 Å². The minimum absolute atomic E-state index is 0.597. The average molecular weight is 223 g/mol. The number of hydrogen-bond donors (Lipinski definition) is 1. The van der Waals surface area contributed by atoms with Crippen LogP contribution in [-0.4, -0.2) is 13.1 Å². The molecule has 0 aliphatic rings. The maximum absolute atomic E-state index is 5.09. The fourth-order valence-electron chi connectivity index (χ4n) is 2.04. The SMILES string of the molecule is CCCCCCCC(Cc1ccoc1)NC. The van der Waals surface area contributed by atoms with Crippen molar-refractivity contribution in [3.8, 4) is 0 Å². The van der Waals surface area contributed by atoms with Crippen molar-refractivity contribution in [2.75, 3.05) is 7.05 Å². The molecule has 1 aromatic heterocycles. The summed E-state index contributed by atoms with van der Waals surface area (Å²) in [6.45, 7) is 2.26. The molecule has 2 nitrogen and oxygen atoms in total. The summed E-state index contributed by atoms with van der Waals surface area (Å²) in [6.07, 6.45) is 12.8. The lowest BCUT2D eigenvalue weighted by Crippen LogP contribution is -2.27. The van der Waals surface area contributed by atoms with E-state index < -0.39 is 0 Å². The van der Waals surface area contributed by atoms with Crippen molar-refractivity contribution >= 4 is 0 Å². The van der Waals surface area contributed by atoms with Crippen molar-refractivity contribution in [3.05, 3.63) is 24.2 Å². The van der Waals surface area contributed by atoms with Gasteiger partial charge in [-0.25, -0.2) is 0 Å². The third kappa shape index (κ3) is 5.36. The van der Waals surface area contributed by atoms with Crippen molar-refractivity contribution in [1.82, 2.24) is 5.32 Å². The lowest BCUT2D eigenvalue weighted by atomic mass is 10.0. The molecule has 1 atom stereocenters. The van der Waals surface area contributed by atoms with Gasteiger partial charge >= 0.3 is 0 Å². The van der Waals surface area contributed by atoms with Gasteiger partial charge in [0, 0.05) is 6.04 Å². The van der Waals surface area contributed by atoms with Crippen LogP contribution in [0.5, 0.6) is 0 Å². The summed E-state index contributed by atoms with van der Waals surface area (Å²) in [5, 5.41) is 3.39. The van der Waals surface area contributed by atoms with Crippen molar-refractivity contribution in [2.45, 2.75) is 57.9 Å². The van der Waals surface area contributed by atoms with Crippen LogP contribution in [0.25, 0.3) is 0 Å². The van der Waals surface area contributed by atoms with E-state index in [1.807, 2.05) is 6.26 Å². The van der Waals surface area contributed by atoms with Crippen LogP contribution >= 0.6 is 0 Å². The molecule has 0 aliphatic heterocycles. The van der Waals surface area contributed by atoms with Gasteiger partial charge in [0.25, 0.3) is 0 Å². The normalized spacial score (nSPS) is 12.9. The Morgan fingerprint density at radius 2 is 2.06 bits per heavy atom. The summed E-state index contributed by atoms with van der Waals surface area (Å²) in [5.41, 5.74) is 1.30. The molecule has 0 spiro atoms. The molecular formula is C14H25NO. The Morgan fingerprint density at radius 3 is 2.69 bits per heavy atom. The molecule has 0 radical (unpaired) electrons. The molecule has 1 aromatic rings. The Morgan fingerprint density at radius 1 is 1.25 bits per heavy atom. The van der Waals surface area contributed by atoms with E-state index in [1.54, 1.807) is 6.26 Å². The molecule has 0 saturated heterocycles. The van der Waals surface area contributed by atoms with Crippen LogP contribution in [0, 0.1) is 0 Å². The van der Waals surface area contributed by atoms with Gasteiger partial charge in [0.2, 0.25) is 0 Å². The minimum Gasteiger partial charge on any atom is -0.472 e. The molecule has 1 N–H and O–H groups in total. The van der Waals surface area contributed by atoms with Crippen molar-refractivity contribution in [2.24, 2.45) is 0 Å². The van der Waals surface area contributed by atoms with E-state index in [0.717, 1.165) is 6.42 Å². The summed E-state index contributed by atoms with van der Waals surface area (Å²) in [5.74, 6) is 0. The van der Waals surface area contributed by atoms with Gasteiger partial charge in [-0.1, -0.05) is 39.0 Å². The molecule has 0 fully saturated rings. The predicted molar refractivity (Wildman–Crippen MR) is 68.6 cm³/mol. The first-order chi connectivity index (χ1) is 7.86. The highest BCUT2D eigenvalue weighted by Crippen LogP contribution is 2.11. The van der Waals surface area contributed by atoms with E-state index in [9.17, 15) is 0 Å². The zero-order chi connectivity index (χ0) is 11.6. The first-order valence-corrected chi connectivity index (χ1v) is 6.55. The van der Waals surface area contributed by atoms with Crippen LogP contribution in [0.15, 0.2) is 23.0 Å². The molecule has 16 heavy (non-hydrogen) atoms. The van der Waals surface area contributed by atoms with Crippen molar-refractivity contribution in [3.63, 3.8) is 0 Å². The van der Waals surface area contributed by atoms with Crippen LogP contribution in [0.3, 0.4) is 0 Å². The fraction of sp³-hybridized carbons (Fsp3) is 0.714. The van der Waals surface area contributed by atoms with E-state index in [0.29, 0.717) is 6.04 Å². The molecule has 1 heterocycles. The molecule has 0 amide bonds. The maximum Gasteiger partial charge on any atom is 0.0935 e. The smallest absolute Gasteiger partial charge is 0.0935 e. The van der Waals surface area contributed by atoms with Gasteiger partial charge in [0.15, 0.2) is 0 Å². The molecule has 1 unspecified atom stereocenters. The topological polar surface area (TPSA) is 25.2 Å². The van der Waals surface area contributed by atoms with E-state index in [2.05, 4.69) is 25.4 Å². The van der Waals surface area contributed by atoms with Crippen LogP contribution in [-0.2, 0) is 6.42 Å². The van der Waals surface area contributed by atoms with Gasteiger partial charge in [0.1, 0.15) is 0 Å². The lowest BCUT2D eigenvalue weighted by molar-refractivity contribution is 0.478. The zero-order valence-electron chi connectivity index (χ0n) is 10.7. The second-order valence-electron chi connectivity index (χ2n) is 4.52. The Labute approximate surface area is 99.4 Å². The number of unbranched alkanes of at least 4 members (excludes halogenated alkanes) is 4. The van der Waals surface area contributed by atoms with Gasteiger partial charge in [-0.05, 0) is 31.5 Å². The number of hydrogen-bond acceptors (Lipinski definition) is 2. The minimum atomic E-state index is 0.597. The molecule has 2 heteroatoms. The van der Waals surface area contributed by atoms with Crippen molar-refractivity contribution in [1.29, 1.82) is 0 Å². The largest absolute Gasteiger partial charge is 0.472 e. The Hall–Kier alpha value is -0.760. The highest BCUT2D eigenvalue weighted by molar-refractivity contribution is 5.07. The van der Waals surface area contributed by atoms with E-state index in [-0.39, 0.29) is 0 Å².